The molecule has 2 aromatic rings. The van der Waals surface area contributed by atoms with Crippen LogP contribution in [0.5, 0.6) is 5.75 Å². The van der Waals surface area contributed by atoms with E-state index in [1.807, 2.05) is 44.2 Å². The van der Waals surface area contributed by atoms with E-state index < -0.39 is 10.0 Å². The molecule has 26 heavy (non-hydrogen) atoms. The molecule has 3 rings (SSSR count). The van der Waals surface area contributed by atoms with E-state index in [-0.39, 0.29) is 4.90 Å². The first-order valence-corrected chi connectivity index (χ1v) is 10.3. The van der Waals surface area contributed by atoms with Crippen molar-refractivity contribution < 1.29 is 13.2 Å². The molecular weight excluding hydrogens is 372 g/mol. The highest BCUT2D eigenvalue weighted by atomic mass is 35.5. The van der Waals surface area contributed by atoms with Crippen LogP contribution in [0, 0.1) is 6.92 Å². The Morgan fingerprint density at radius 2 is 1.96 bits per heavy atom. The van der Waals surface area contributed by atoms with E-state index in [2.05, 4.69) is 4.99 Å². The van der Waals surface area contributed by atoms with Gasteiger partial charge in [-0.05, 0) is 31.0 Å². The first kappa shape index (κ1) is 18.7. The van der Waals surface area contributed by atoms with Gasteiger partial charge in [-0.3, -0.25) is 4.99 Å². The van der Waals surface area contributed by atoms with Gasteiger partial charge in [-0.2, -0.15) is 0 Å². The molecule has 0 N–H and O–H groups in total. The van der Waals surface area contributed by atoms with Crippen LogP contribution in [0.1, 0.15) is 24.5 Å². The van der Waals surface area contributed by atoms with Crippen LogP contribution in [0.15, 0.2) is 52.4 Å². The summed E-state index contributed by atoms with van der Waals surface area (Å²) in [7, 11) is -3.84. The third-order valence-corrected chi connectivity index (χ3v) is 6.31. The van der Waals surface area contributed by atoms with Crippen molar-refractivity contribution in [3.63, 3.8) is 0 Å². The maximum atomic E-state index is 13.4. The SMILES string of the molecule is CCCOc1cc(C)c(Cl)cc1S(=O)(=O)N1CCN=C1c1ccccc1. The van der Waals surface area contributed by atoms with Crippen molar-refractivity contribution in [3.8, 4) is 5.75 Å². The lowest BCUT2D eigenvalue weighted by molar-refractivity contribution is 0.308. The van der Waals surface area contributed by atoms with Gasteiger partial charge in [0.15, 0.2) is 0 Å². The number of hydrogen-bond acceptors (Lipinski definition) is 4. The molecule has 2 aromatic carbocycles. The zero-order valence-electron chi connectivity index (χ0n) is 14.8. The number of nitrogens with zero attached hydrogens (tertiary/aromatic N) is 2. The Bertz CT molecular complexity index is 927. The molecule has 0 aliphatic carbocycles. The Balaban J connectivity index is 2.05. The minimum Gasteiger partial charge on any atom is -0.492 e. The average molecular weight is 393 g/mol. The molecule has 0 saturated carbocycles. The van der Waals surface area contributed by atoms with Crippen molar-refractivity contribution in [3.05, 3.63) is 58.6 Å². The summed E-state index contributed by atoms with van der Waals surface area (Å²) in [6.07, 6.45) is 0.779. The number of halogens is 1. The number of sulfonamides is 1. The highest BCUT2D eigenvalue weighted by Gasteiger charge is 2.34. The first-order valence-electron chi connectivity index (χ1n) is 8.50. The summed E-state index contributed by atoms with van der Waals surface area (Å²) in [5.74, 6) is 0.775. The molecule has 0 amide bonds. The summed E-state index contributed by atoms with van der Waals surface area (Å²) in [6, 6.07) is 12.5. The predicted octanol–water partition coefficient (Wildman–Crippen LogP) is 3.89. The second-order valence-corrected chi connectivity index (χ2v) is 8.28. The highest BCUT2D eigenvalue weighted by molar-refractivity contribution is 7.89. The molecule has 7 heteroatoms. The molecule has 0 bridgehead atoms. The fourth-order valence-corrected chi connectivity index (χ4v) is 4.59. The van der Waals surface area contributed by atoms with E-state index in [1.165, 1.54) is 10.4 Å². The second kappa shape index (κ2) is 7.68. The molecule has 0 spiro atoms. The molecule has 0 radical (unpaired) electrons. The lowest BCUT2D eigenvalue weighted by Gasteiger charge is -2.22. The molecule has 138 valence electrons. The van der Waals surface area contributed by atoms with Gasteiger partial charge in [0.05, 0.1) is 19.7 Å². The summed E-state index contributed by atoms with van der Waals surface area (Å²) in [4.78, 5) is 4.48. The molecule has 0 fully saturated rings. The van der Waals surface area contributed by atoms with Crippen molar-refractivity contribution in [2.45, 2.75) is 25.2 Å². The third kappa shape index (κ3) is 3.57. The molecule has 0 unspecified atom stereocenters. The molecule has 0 atom stereocenters. The molecule has 1 aliphatic heterocycles. The van der Waals surface area contributed by atoms with Crippen LogP contribution in [0.3, 0.4) is 0 Å². The van der Waals surface area contributed by atoms with Crippen molar-refractivity contribution >= 4 is 27.5 Å². The molecule has 1 aliphatic rings. The average Bonchev–Trinajstić information content (AvgIpc) is 3.13. The molecule has 5 nitrogen and oxygen atoms in total. The van der Waals surface area contributed by atoms with Crippen molar-refractivity contribution in [2.75, 3.05) is 19.7 Å². The predicted molar refractivity (Wildman–Crippen MR) is 104 cm³/mol. The van der Waals surface area contributed by atoms with Gasteiger partial charge in [0.25, 0.3) is 10.0 Å². The smallest absolute Gasteiger partial charge is 0.269 e. The van der Waals surface area contributed by atoms with E-state index in [0.29, 0.717) is 36.3 Å². The van der Waals surface area contributed by atoms with Gasteiger partial charge in [-0.25, -0.2) is 12.7 Å². The minimum atomic E-state index is -3.84. The summed E-state index contributed by atoms with van der Waals surface area (Å²) < 4.78 is 33.8. The zero-order valence-corrected chi connectivity index (χ0v) is 16.3. The van der Waals surface area contributed by atoms with Crippen molar-refractivity contribution in [2.24, 2.45) is 4.99 Å². The van der Waals surface area contributed by atoms with Crippen LogP contribution in [-0.2, 0) is 10.0 Å². The van der Waals surface area contributed by atoms with Gasteiger partial charge in [0.1, 0.15) is 16.5 Å². The summed E-state index contributed by atoms with van der Waals surface area (Å²) in [6.45, 7) is 4.95. The highest BCUT2D eigenvalue weighted by Crippen LogP contribution is 2.34. The lowest BCUT2D eigenvalue weighted by Crippen LogP contribution is -2.35. The van der Waals surface area contributed by atoms with Gasteiger partial charge in [-0.15, -0.1) is 0 Å². The van der Waals surface area contributed by atoms with Crippen molar-refractivity contribution in [1.82, 2.24) is 4.31 Å². The number of aryl methyl sites for hydroxylation is 1. The Kier molecular flexibility index (Phi) is 5.53. The second-order valence-electron chi connectivity index (χ2n) is 6.05. The molecule has 0 aromatic heterocycles. The standard InChI is InChI=1S/C19H21ClN2O3S/c1-3-11-25-17-12-14(2)16(20)13-18(17)26(23,24)22-10-9-21-19(22)15-7-5-4-6-8-15/h4-8,12-13H,3,9-11H2,1-2H3. The van der Waals surface area contributed by atoms with Crippen LogP contribution in [0.25, 0.3) is 0 Å². The monoisotopic (exact) mass is 392 g/mol. The molecule has 1 heterocycles. The molecular formula is C19H21ClN2O3S. The van der Waals surface area contributed by atoms with Crippen molar-refractivity contribution in [1.29, 1.82) is 0 Å². The number of amidine groups is 1. The van der Waals surface area contributed by atoms with E-state index in [9.17, 15) is 8.42 Å². The van der Waals surface area contributed by atoms with Crippen LogP contribution >= 0.6 is 11.6 Å². The topological polar surface area (TPSA) is 59.0 Å². The van der Waals surface area contributed by atoms with E-state index in [4.69, 9.17) is 16.3 Å². The van der Waals surface area contributed by atoms with Gasteiger partial charge in [0, 0.05) is 10.6 Å². The van der Waals surface area contributed by atoms with Gasteiger partial charge >= 0.3 is 0 Å². The number of aliphatic imine (C=N–C) groups is 1. The summed E-state index contributed by atoms with van der Waals surface area (Å²) >= 11 is 6.22. The van der Waals surface area contributed by atoms with Gasteiger partial charge in [0.2, 0.25) is 0 Å². The van der Waals surface area contributed by atoms with Crippen LogP contribution in [-0.4, -0.2) is 38.3 Å². The fraction of sp³-hybridized carbons (Fsp3) is 0.316. The number of ether oxygens (including phenoxy) is 1. The lowest BCUT2D eigenvalue weighted by atomic mass is 10.2. The normalized spacial score (nSPS) is 14.4. The number of hydrogen-bond donors (Lipinski definition) is 0. The Morgan fingerprint density at radius 3 is 2.65 bits per heavy atom. The van der Waals surface area contributed by atoms with Gasteiger partial charge < -0.3 is 4.74 Å². The fourth-order valence-electron chi connectivity index (χ4n) is 2.77. The maximum absolute atomic E-state index is 13.4. The van der Waals surface area contributed by atoms with Crippen LogP contribution in [0.4, 0.5) is 0 Å². The van der Waals surface area contributed by atoms with Gasteiger partial charge in [-0.1, -0.05) is 48.9 Å². The van der Waals surface area contributed by atoms with Crippen LogP contribution < -0.4 is 4.74 Å². The van der Waals surface area contributed by atoms with E-state index in [0.717, 1.165) is 17.5 Å². The number of benzene rings is 2. The summed E-state index contributed by atoms with van der Waals surface area (Å²) in [5, 5.41) is 0.393. The Labute approximate surface area is 159 Å². The van der Waals surface area contributed by atoms with E-state index in [1.54, 1.807) is 6.07 Å². The minimum absolute atomic E-state index is 0.0760. The first-order chi connectivity index (χ1) is 12.4. The zero-order chi connectivity index (χ0) is 18.7. The third-order valence-electron chi connectivity index (χ3n) is 4.09. The maximum Gasteiger partial charge on any atom is 0.269 e. The van der Waals surface area contributed by atoms with E-state index >= 15 is 0 Å². The Morgan fingerprint density at radius 1 is 1.23 bits per heavy atom. The Hall–Kier alpha value is -2.05. The number of rotatable bonds is 6. The molecule has 0 saturated heterocycles. The van der Waals surface area contributed by atoms with Crippen LogP contribution in [0.2, 0.25) is 5.02 Å². The quantitative estimate of drug-likeness (QED) is 0.749. The summed E-state index contributed by atoms with van der Waals surface area (Å²) in [5.41, 5.74) is 1.54. The largest absolute Gasteiger partial charge is 0.492 e.